The molecule has 6 heteroatoms. The van der Waals surface area contributed by atoms with Crippen LogP contribution in [0.15, 0.2) is 83.3 Å². The molecule has 0 spiro atoms. The molecule has 5 nitrogen and oxygen atoms in total. The van der Waals surface area contributed by atoms with E-state index >= 15 is 0 Å². The standard InChI is InChI=1S/C26H19ClN2O3/c1-17-14-20(12-13-22(17)27)31-16-23(30)29-26-21(15-28)24(18-8-4-2-5-9-18)25(32-26)19-10-6-3-7-11-19/h2-14H,16H2,1H3,(H,29,30). The summed E-state index contributed by atoms with van der Waals surface area (Å²) in [6.45, 7) is 1.61. The number of nitriles is 1. The molecule has 0 saturated heterocycles. The van der Waals surface area contributed by atoms with Gasteiger partial charge in [0, 0.05) is 16.1 Å². The molecule has 1 aromatic heterocycles. The van der Waals surface area contributed by atoms with Gasteiger partial charge in [0.2, 0.25) is 5.88 Å². The molecule has 0 bridgehead atoms. The molecule has 1 heterocycles. The normalized spacial score (nSPS) is 10.4. The number of rotatable bonds is 6. The smallest absolute Gasteiger partial charge is 0.264 e. The average Bonchev–Trinajstić information content (AvgIpc) is 3.19. The zero-order valence-electron chi connectivity index (χ0n) is 17.3. The SMILES string of the molecule is Cc1cc(OCC(=O)Nc2oc(-c3ccccc3)c(-c3ccccc3)c2C#N)ccc1Cl. The molecular weight excluding hydrogens is 424 g/mol. The van der Waals surface area contributed by atoms with Crippen molar-refractivity contribution in [1.29, 1.82) is 5.26 Å². The number of ether oxygens (including phenoxy) is 1. The summed E-state index contributed by atoms with van der Waals surface area (Å²) in [5.74, 6) is 0.683. The lowest BCUT2D eigenvalue weighted by Gasteiger charge is -2.07. The summed E-state index contributed by atoms with van der Waals surface area (Å²) in [5.41, 5.74) is 3.35. The zero-order valence-corrected chi connectivity index (χ0v) is 18.0. The molecule has 4 rings (SSSR count). The minimum Gasteiger partial charge on any atom is -0.484 e. The second-order valence-corrected chi connectivity index (χ2v) is 7.51. The summed E-state index contributed by atoms with van der Waals surface area (Å²) in [4.78, 5) is 12.6. The van der Waals surface area contributed by atoms with Gasteiger partial charge in [0.1, 0.15) is 23.1 Å². The number of amides is 1. The fourth-order valence-electron chi connectivity index (χ4n) is 3.32. The van der Waals surface area contributed by atoms with Crippen LogP contribution in [-0.2, 0) is 4.79 Å². The predicted octanol–water partition coefficient (Wildman–Crippen LogP) is 6.46. The Morgan fingerprint density at radius 3 is 2.31 bits per heavy atom. The first-order chi connectivity index (χ1) is 15.6. The molecule has 0 aliphatic carbocycles. The molecule has 32 heavy (non-hydrogen) atoms. The number of halogens is 1. The summed E-state index contributed by atoms with van der Waals surface area (Å²) in [7, 11) is 0. The van der Waals surface area contributed by atoms with Gasteiger partial charge in [-0.05, 0) is 36.2 Å². The molecular formula is C26H19ClN2O3. The quantitative estimate of drug-likeness (QED) is 0.371. The van der Waals surface area contributed by atoms with E-state index in [0.717, 1.165) is 16.7 Å². The van der Waals surface area contributed by atoms with Crippen molar-refractivity contribution in [3.05, 3.63) is 95.0 Å². The Morgan fingerprint density at radius 2 is 1.69 bits per heavy atom. The third-order valence-electron chi connectivity index (χ3n) is 4.87. The number of furan rings is 1. The maximum Gasteiger partial charge on any atom is 0.264 e. The van der Waals surface area contributed by atoms with Crippen molar-refractivity contribution >= 4 is 23.4 Å². The van der Waals surface area contributed by atoms with Gasteiger partial charge in [0.05, 0.1) is 0 Å². The molecule has 0 fully saturated rings. The lowest BCUT2D eigenvalue weighted by atomic mass is 9.98. The molecule has 0 aliphatic rings. The topological polar surface area (TPSA) is 75.3 Å². The summed E-state index contributed by atoms with van der Waals surface area (Å²) in [5, 5.41) is 13.2. The van der Waals surface area contributed by atoms with E-state index in [1.54, 1.807) is 18.2 Å². The van der Waals surface area contributed by atoms with E-state index in [1.165, 1.54) is 0 Å². The van der Waals surface area contributed by atoms with Gasteiger partial charge in [-0.1, -0.05) is 72.3 Å². The largest absolute Gasteiger partial charge is 0.484 e. The Kier molecular flexibility index (Phi) is 6.25. The Labute approximate surface area is 190 Å². The highest BCUT2D eigenvalue weighted by Gasteiger charge is 2.24. The minimum absolute atomic E-state index is 0.0890. The first-order valence-corrected chi connectivity index (χ1v) is 10.3. The van der Waals surface area contributed by atoms with E-state index in [-0.39, 0.29) is 18.1 Å². The van der Waals surface area contributed by atoms with Gasteiger partial charge < -0.3 is 9.15 Å². The Hall–Kier alpha value is -4.01. The van der Waals surface area contributed by atoms with Crippen molar-refractivity contribution in [3.63, 3.8) is 0 Å². The number of anilines is 1. The molecule has 0 unspecified atom stereocenters. The van der Waals surface area contributed by atoms with E-state index in [9.17, 15) is 10.1 Å². The summed E-state index contributed by atoms with van der Waals surface area (Å²) >= 11 is 6.02. The summed E-state index contributed by atoms with van der Waals surface area (Å²) < 4.78 is 11.6. The van der Waals surface area contributed by atoms with Crippen molar-refractivity contribution in [1.82, 2.24) is 0 Å². The van der Waals surface area contributed by atoms with E-state index in [0.29, 0.717) is 22.1 Å². The number of carbonyl (C=O) groups excluding carboxylic acids is 1. The van der Waals surface area contributed by atoms with Crippen molar-refractivity contribution < 1.29 is 13.9 Å². The van der Waals surface area contributed by atoms with E-state index in [2.05, 4.69) is 11.4 Å². The molecule has 3 aromatic carbocycles. The van der Waals surface area contributed by atoms with Crippen LogP contribution in [0.5, 0.6) is 5.75 Å². The van der Waals surface area contributed by atoms with Gasteiger partial charge in [0.25, 0.3) is 5.91 Å². The van der Waals surface area contributed by atoms with E-state index in [1.807, 2.05) is 67.6 Å². The fourth-order valence-corrected chi connectivity index (χ4v) is 3.44. The fraction of sp³-hybridized carbons (Fsp3) is 0.0769. The van der Waals surface area contributed by atoms with Crippen LogP contribution in [0, 0.1) is 18.3 Å². The Balaban J connectivity index is 1.64. The van der Waals surface area contributed by atoms with Gasteiger partial charge in [-0.15, -0.1) is 0 Å². The van der Waals surface area contributed by atoms with Crippen LogP contribution in [0.2, 0.25) is 5.02 Å². The maximum atomic E-state index is 12.6. The number of hydrogen-bond acceptors (Lipinski definition) is 4. The lowest BCUT2D eigenvalue weighted by Crippen LogP contribution is -2.20. The zero-order chi connectivity index (χ0) is 22.5. The predicted molar refractivity (Wildman–Crippen MR) is 125 cm³/mol. The highest BCUT2D eigenvalue weighted by molar-refractivity contribution is 6.31. The van der Waals surface area contributed by atoms with Crippen LogP contribution < -0.4 is 10.1 Å². The second-order valence-electron chi connectivity index (χ2n) is 7.10. The highest BCUT2D eigenvalue weighted by Crippen LogP contribution is 2.41. The first kappa shape index (κ1) is 21.2. The lowest BCUT2D eigenvalue weighted by molar-refractivity contribution is -0.118. The number of nitrogens with one attached hydrogen (secondary N) is 1. The first-order valence-electron chi connectivity index (χ1n) is 9.93. The van der Waals surface area contributed by atoms with E-state index in [4.69, 9.17) is 20.8 Å². The third kappa shape index (κ3) is 4.51. The van der Waals surface area contributed by atoms with Crippen molar-refractivity contribution in [2.45, 2.75) is 6.92 Å². The van der Waals surface area contributed by atoms with Crippen molar-refractivity contribution in [2.24, 2.45) is 0 Å². The van der Waals surface area contributed by atoms with Crippen LogP contribution in [-0.4, -0.2) is 12.5 Å². The third-order valence-corrected chi connectivity index (χ3v) is 5.29. The van der Waals surface area contributed by atoms with Gasteiger partial charge in [-0.3, -0.25) is 10.1 Å². The Bertz CT molecular complexity index is 1290. The summed E-state index contributed by atoms with van der Waals surface area (Å²) in [6.07, 6.45) is 0. The van der Waals surface area contributed by atoms with Crippen LogP contribution in [0.4, 0.5) is 5.88 Å². The maximum absolute atomic E-state index is 12.6. The van der Waals surface area contributed by atoms with Crippen molar-refractivity contribution in [2.75, 3.05) is 11.9 Å². The molecule has 1 N–H and O–H groups in total. The van der Waals surface area contributed by atoms with Gasteiger partial charge in [-0.2, -0.15) is 5.26 Å². The number of hydrogen-bond donors (Lipinski definition) is 1. The number of benzene rings is 3. The monoisotopic (exact) mass is 442 g/mol. The van der Waals surface area contributed by atoms with Crippen LogP contribution >= 0.6 is 11.6 Å². The summed E-state index contributed by atoms with van der Waals surface area (Å²) in [6, 6.07) is 26.3. The van der Waals surface area contributed by atoms with Crippen molar-refractivity contribution in [3.8, 4) is 34.3 Å². The highest BCUT2D eigenvalue weighted by atomic mass is 35.5. The molecule has 158 valence electrons. The Morgan fingerprint density at radius 1 is 1.03 bits per heavy atom. The van der Waals surface area contributed by atoms with Gasteiger partial charge >= 0.3 is 0 Å². The van der Waals surface area contributed by atoms with Crippen LogP contribution in [0.3, 0.4) is 0 Å². The number of carbonyl (C=O) groups is 1. The van der Waals surface area contributed by atoms with Gasteiger partial charge in [0.15, 0.2) is 6.61 Å². The molecule has 0 atom stereocenters. The molecule has 0 aliphatic heterocycles. The van der Waals surface area contributed by atoms with Crippen LogP contribution in [0.1, 0.15) is 11.1 Å². The second kappa shape index (κ2) is 9.42. The molecule has 4 aromatic rings. The number of nitrogens with zero attached hydrogens (tertiary/aromatic N) is 1. The van der Waals surface area contributed by atoms with E-state index < -0.39 is 5.91 Å². The number of aryl methyl sites for hydroxylation is 1. The van der Waals surface area contributed by atoms with Gasteiger partial charge in [-0.25, -0.2) is 0 Å². The minimum atomic E-state index is -0.443. The van der Waals surface area contributed by atoms with Crippen LogP contribution in [0.25, 0.3) is 22.5 Å². The molecule has 0 radical (unpaired) electrons. The average molecular weight is 443 g/mol. The molecule has 0 saturated carbocycles. The molecule has 1 amide bonds.